The molecule has 0 fully saturated rings. The quantitative estimate of drug-likeness (QED) is 0.817. The first-order valence-corrected chi connectivity index (χ1v) is 5.87. The lowest BCUT2D eigenvalue weighted by molar-refractivity contribution is 0.0995. The van der Waals surface area contributed by atoms with E-state index >= 15 is 0 Å². The SMILES string of the molecule is N#CC(C#N)=CNc1ccc(-n2ccc(C(N)=O)n2)cc1. The summed E-state index contributed by atoms with van der Waals surface area (Å²) in [5.74, 6) is -0.585. The summed E-state index contributed by atoms with van der Waals surface area (Å²) in [4.78, 5) is 11.0. The van der Waals surface area contributed by atoms with Crippen molar-refractivity contribution in [1.29, 1.82) is 10.5 Å². The maximum Gasteiger partial charge on any atom is 0.269 e. The van der Waals surface area contributed by atoms with E-state index in [-0.39, 0.29) is 11.3 Å². The molecule has 0 atom stereocenters. The fraction of sp³-hybridized carbons (Fsp3) is 0. The lowest BCUT2D eigenvalue weighted by Crippen LogP contribution is -2.12. The second-order valence-electron chi connectivity index (χ2n) is 3.98. The standard InChI is InChI=1S/C14H10N6O/c15-7-10(8-16)9-18-11-1-3-12(4-2-11)20-6-5-13(19-20)14(17)21/h1-6,9,18H,(H2,17,21). The first-order valence-electron chi connectivity index (χ1n) is 5.87. The number of nitrogens with one attached hydrogen (secondary N) is 1. The van der Waals surface area contributed by atoms with Crippen LogP contribution in [0.1, 0.15) is 10.5 Å². The van der Waals surface area contributed by atoms with E-state index in [9.17, 15) is 4.79 Å². The summed E-state index contributed by atoms with van der Waals surface area (Å²) in [6, 6.07) is 12.1. The number of aromatic nitrogens is 2. The Morgan fingerprint density at radius 2 is 1.90 bits per heavy atom. The van der Waals surface area contributed by atoms with E-state index in [0.717, 1.165) is 5.69 Å². The van der Waals surface area contributed by atoms with Gasteiger partial charge in [0.25, 0.3) is 5.91 Å². The molecular weight excluding hydrogens is 268 g/mol. The highest BCUT2D eigenvalue weighted by Gasteiger charge is 2.05. The Kier molecular flexibility index (Phi) is 3.98. The van der Waals surface area contributed by atoms with Crippen molar-refractivity contribution in [3.05, 3.63) is 54.0 Å². The zero-order chi connectivity index (χ0) is 15.2. The van der Waals surface area contributed by atoms with Crippen LogP contribution >= 0.6 is 0 Å². The molecule has 1 aromatic heterocycles. The molecule has 0 bridgehead atoms. The smallest absolute Gasteiger partial charge is 0.269 e. The molecule has 3 N–H and O–H groups in total. The summed E-state index contributed by atoms with van der Waals surface area (Å²) in [6.45, 7) is 0. The number of carbonyl (C=O) groups is 1. The lowest BCUT2D eigenvalue weighted by atomic mass is 10.2. The van der Waals surface area contributed by atoms with Gasteiger partial charge in [0.05, 0.1) is 5.69 Å². The maximum atomic E-state index is 11.0. The van der Waals surface area contributed by atoms with Crippen molar-refractivity contribution in [3.63, 3.8) is 0 Å². The number of hydrogen-bond donors (Lipinski definition) is 2. The third kappa shape index (κ3) is 3.25. The normalized spacial score (nSPS) is 9.24. The number of primary amides is 1. The Bertz CT molecular complexity index is 757. The molecule has 7 nitrogen and oxygen atoms in total. The largest absolute Gasteiger partial charge is 0.364 e. The van der Waals surface area contributed by atoms with E-state index in [2.05, 4.69) is 10.4 Å². The molecular formula is C14H10N6O. The number of anilines is 1. The van der Waals surface area contributed by atoms with Gasteiger partial charge in [-0.15, -0.1) is 0 Å². The monoisotopic (exact) mass is 278 g/mol. The molecule has 0 aliphatic rings. The van der Waals surface area contributed by atoms with Crippen LogP contribution in [-0.4, -0.2) is 15.7 Å². The highest BCUT2D eigenvalue weighted by atomic mass is 16.1. The number of benzene rings is 1. The highest BCUT2D eigenvalue weighted by Crippen LogP contribution is 2.13. The van der Waals surface area contributed by atoms with Crippen molar-refractivity contribution in [1.82, 2.24) is 9.78 Å². The third-order valence-corrected chi connectivity index (χ3v) is 2.60. The van der Waals surface area contributed by atoms with Gasteiger partial charge in [-0.3, -0.25) is 4.79 Å². The molecule has 102 valence electrons. The number of nitrogens with zero attached hydrogens (tertiary/aromatic N) is 4. The summed E-state index contributed by atoms with van der Waals surface area (Å²) < 4.78 is 1.52. The Morgan fingerprint density at radius 3 is 2.43 bits per heavy atom. The van der Waals surface area contributed by atoms with Crippen LogP contribution < -0.4 is 11.1 Å². The Balaban J connectivity index is 2.15. The molecule has 21 heavy (non-hydrogen) atoms. The molecule has 0 saturated carbocycles. The average Bonchev–Trinajstić information content (AvgIpc) is 2.99. The fourth-order valence-electron chi connectivity index (χ4n) is 1.55. The Hall–Kier alpha value is -3.58. The van der Waals surface area contributed by atoms with Crippen LogP contribution in [-0.2, 0) is 0 Å². The minimum Gasteiger partial charge on any atom is -0.364 e. The third-order valence-electron chi connectivity index (χ3n) is 2.60. The molecule has 1 heterocycles. The van der Waals surface area contributed by atoms with Crippen LogP contribution in [0.4, 0.5) is 5.69 Å². The molecule has 1 aromatic carbocycles. The molecule has 1 amide bonds. The van der Waals surface area contributed by atoms with E-state index in [0.29, 0.717) is 5.69 Å². The van der Waals surface area contributed by atoms with Gasteiger partial charge >= 0.3 is 0 Å². The molecule has 0 aliphatic heterocycles. The van der Waals surface area contributed by atoms with Crippen LogP contribution in [0, 0.1) is 22.7 Å². The summed E-state index contributed by atoms with van der Waals surface area (Å²) in [6.07, 6.45) is 2.96. The second-order valence-corrected chi connectivity index (χ2v) is 3.98. The first kappa shape index (κ1) is 13.8. The number of hydrogen-bond acceptors (Lipinski definition) is 5. The van der Waals surface area contributed by atoms with Crippen molar-refractivity contribution >= 4 is 11.6 Å². The summed E-state index contributed by atoms with van der Waals surface area (Å²) in [5, 5.41) is 24.1. The van der Waals surface area contributed by atoms with E-state index in [1.54, 1.807) is 42.6 Å². The number of amides is 1. The lowest BCUT2D eigenvalue weighted by Gasteiger charge is -2.04. The van der Waals surface area contributed by atoms with Crippen molar-refractivity contribution in [2.24, 2.45) is 5.73 Å². The van der Waals surface area contributed by atoms with Crippen LogP contribution in [0.3, 0.4) is 0 Å². The number of rotatable bonds is 4. The maximum absolute atomic E-state index is 11.0. The van der Waals surface area contributed by atoms with Crippen LogP contribution in [0.5, 0.6) is 0 Å². The van der Waals surface area contributed by atoms with Crippen LogP contribution in [0.2, 0.25) is 0 Å². The van der Waals surface area contributed by atoms with E-state index in [4.69, 9.17) is 16.3 Å². The van der Waals surface area contributed by atoms with Gasteiger partial charge in [0.2, 0.25) is 0 Å². The van der Waals surface area contributed by atoms with E-state index < -0.39 is 5.91 Å². The molecule has 2 aromatic rings. The number of nitriles is 2. The minimum atomic E-state index is -0.585. The molecule has 0 unspecified atom stereocenters. The van der Waals surface area contributed by atoms with E-state index in [1.807, 2.05) is 0 Å². The van der Waals surface area contributed by atoms with Crippen molar-refractivity contribution < 1.29 is 4.79 Å². The zero-order valence-electron chi connectivity index (χ0n) is 10.8. The Labute approximate surface area is 120 Å². The predicted molar refractivity (Wildman–Crippen MR) is 75.0 cm³/mol. The van der Waals surface area contributed by atoms with Crippen molar-refractivity contribution in [3.8, 4) is 17.8 Å². The van der Waals surface area contributed by atoms with Gasteiger partial charge in [-0.1, -0.05) is 0 Å². The molecule has 0 spiro atoms. The Morgan fingerprint density at radius 1 is 1.24 bits per heavy atom. The van der Waals surface area contributed by atoms with Gasteiger partial charge in [0, 0.05) is 18.1 Å². The number of carbonyl (C=O) groups excluding carboxylic acids is 1. The van der Waals surface area contributed by atoms with Crippen LogP contribution in [0.25, 0.3) is 5.69 Å². The van der Waals surface area contributed by atoms with Crippen molar-refractivity contribution in [2.75, 3.05) is 5.32 Å². The molecule has 7 heteroatoms. The zero-order valence-corrected chi connectivity index (χ0v) is 10.8. The number of nitrogens with two attached hydrogens (primary N) is 1. The predicted octanol–water partition coefficient (Wildman–Crippen LogP) is 1.31. The molecule has 2 rings (SSSR count). The minimum absolute atomic E-state index is 0.0164. The second kappa shape index (κ2) is 6.04. The summed E-state index contributed by atoms with van der Waals surface area (Å²) in [7, 11) is 0. The van der Waals surface area contributed by atoms with Crippen molar-refractivity contribution in [2.45, 2.75) is 0 Å². The van der Waals surface area contributed by atoms with Gasteiger partial charge < -0.3 is 11.1 Å². The van der Waals surface area contributed by atoms with Gasteiger partial charge in [-0.2, -0.15) is 15.6 Å². The van der Waals surface area contributed by atoms with E-state index in [1.165, 1.54) is 16.9 Å². The molecule has 0 aliphatic carbocycles. The van der Waals surface area contributed by atoms with Gasteiger partial charge in [0.15, 0.2) is 0 Å². The van der Waals surface area contributed by atoms with Gasteiger partial charge in [-0.25, -0.2) is 4.68 Å². The molecule has 0 radical (unpaired) electrons. The summed E-state index contributed by atoms with van der Waals surface area (Å²) in [5.41, 5.74) is 6.77. The summed E-state index contributed by atoms with van der Waals surface area (Å²) >= 11 is 0. The number of allylic oxidation sites excluding steroid dienone is 1. The fourth-order valence-corrected chi connectivity index (χ4v) is 1.55. The highest BCUT2D eigenvalue weighted by molar-refractivity contribution is 5.90. The van der Waals surface area contributed by atoms with Gasteiger partial charge in [0.1, 0.15) is 23.4 Å². The first-order chi connectivity index (χ1) is 10.1. The van der Waals surface area contributed by atoms with Gasteiger partial charge in [-0.05, 0) is 30.3 Å². The average molecular weight is 278 g/mol. The molecule has 0 saturated heterocycles. The topological polar surface area (TPSA) is 121 Å². The van der Waals surface area contributed by atoms with Crippen LogP contribution in [0.15, 0.2) is 48.3 Å².